The second kappa shape index (κ2) is 18.9. The fraction of sp³-hybridized carbons (Fsp3) is 0. The van der Waals surface area contributed by atoms with E-state index in [0.29, 0.717) is 0 Å². The van der Waals surface area contributed by atoms with Gasteiger partial charge in [0.2, 0.25) is 0 Å². The molecule has 0 fully saturated rings. The maximum absolute atomic E-state index is 8.50. The van der Waals surface area contributed by atoms with E-state index in [1.54, 1.807) is 0 Å². The molecule has 2 nitrogen and oxygen atoms in total. The quantitative estimate of drug-likeness (QED) is 0.456. The van der Waals surface area contributed by atoms with Gasteiger partial charge in [-0.2, -0.15) is 0 Å². The van der Waals surface area contributed by atoms with Crippen molar-refractivity contribution in [2.24, 2.45) is 0 Å². The molecule has 0 N–H and O–H groups in total. The van der Waals surface area contributed by atoms with Crippen molar-refractivity contribution >= 4 is 8.21 Å². The van der Waals surface area contributed by atoms with E-state index in [1.807, 2.05) is 0 Å². The molecule has 0 aliphatic heterocycles. The molecule has 29 valence electrons. The van der Waals surface area contributed by atoms with Gasteiger partial charge in [-0.25, -0.2) is 0 Å². The first kappa shape index (κ1) is 9.52. The van der Waals surface area contributed by atoms with Gasteiger partial charge < -0.3 is 0 Å². The average Bonchev–Trinajstić information content (AvgIpc) is 1.46. The van der Waals surface area contributed by atoms with Crippen LogP contribution in [0.15, 0.2) is 0 Å². The van der Waals surface area contributed by atoms with Crippen molar-refractivity contribution < 1.29 is 44.8 Å². The van der Waals surface area contributed by atoms with Gasteiger partial charge in [-0.05, 0) is 0 Å². The van der Waals surface area contributed by atoms with E-state index in [4.69, 9.17) is 6.65 Å². The van der Waals surface area contributed by atoms with Crippen LogP contribution in [0.5, 0.6) is 0 Å². The van der Waals surface area contributed by atoms with E-state index in [2.05, 4.69) is 19.1 Å². The van der Waals surface area contributed by atoms with Crippen LogP contribution in [0.25, 0.3) is 0 Å². The first-order valence-electron chi connectivity index (χ1n) is 0.816. The Morgan fingerprint density at radius 3 is 1.40 bits per heavy atom. The molecule has 0 radical (unpaired) electrons. The molecule has 0 atom stereocenters. The molecule has 0 saturated heterocycles. The molecule has 0 unspecified atom stereocenters. The molecule has 0 rings (SSSR count). The number of rotatable bonds is 0. The van der Waals surface area contributed by atoms with E-state index < -0.39 is 19.1 Å². The van der Waals surface area contributed by atoms with Crippen molar-refractivity contribution in [2.75, 3.05) is 0 Å². The summed E-state index contributed by atoms with van der Waals surface area (Å²) in [5.41, 5.74) is 0. The summed E-state index contributed by atoms with van der Waals surface area (Å²) in [6.45, 7) is 0. The first-order valence-corrected chi connectivity index (χ1v) is 8.93. The van der Waals surface area contributed by atoms with Gasteiger partial charge in [-0.15, -0.1) is 0 Å². The summed E-state index contributed by atoms with van der Waals surface area (Å²) in [5, 5.41) is 0. The first-order chi connectivity index (χ1) is 2.41. The Morgan fingerprint density at radius 2 is 1.40 bits per heavy atom. The van der Waals surface area contributed by atoms with Crippen molar-refractivity contribution in [1.82, 2.24) is 0 Å². The van der Waals surface area contributed by atoms with Crippen LogP contribution in [-0.4, -0.2) is 8.21 Å². The molecule has 0 bridgehead atoms. The fourth-order valence-electron chi connectivity index (χ4n) is 0. The van der Waals surface area contributed by atoms with Crippen molar-refractivity contribution in [3.05, 3.63) is 0 Å². The van der Waals surface area contributed by atoms with E-state index in [-0.39, 0.29) is 0 Å². The Hall–Kier alpha value is 1.22. The molecule has 0 amide bonds. The van der Waals surface area contributed by atoms with Crippen molar-refractivity contribution in [2.45, 2.75) is 0 Å². The third kappa shape index (κ3) is 36.4. The molecule has 0 aliphatic rings. The standard InChI is InChI=1S/Mo.2O.H3Si.Ti/h;;;1H3;. The molecule has 0 spiro atoms. The summed E-state index contributed by atoms with van der Waals surface area (Å²) >= 11 is 0.0889. The van der Waals surface area contributed by atoms with Crippen molar-refractivity contribution in [3.63, 3.8) is 0 Å². The van der Waals surface area contributed by atoms with Crippen LogP contribution in [-0.2, 0) is 44.8 Å². The molecule has 5 heavy (non-hydrogen) atoms. The summed E-state index contributed by atoms with van der Waals surface area (Å²) in [5.74, 6) is 0. The summed E-state index contributed by atoms with van der Waals surface area (Å²) in [6.07, 6.45) is 0. The predicted octanol–water partition coefficient (Wildman–Crippen LogP) is -1.43. The Morgan fingerprint density at radius 1 is 1.40 bits per heavy atom. The van der Waals surface area contributed by atoms with Crippen LogP contribution in [0.3, 0.4) is 0 Å². The zero-order chi connectivity index (χ0) is 4.71. The predicted molar refractivity (Wildman–Crippen MR) is 11.3 cm³/mol. The van der Waals surface area contributed by atoms with Crippen LogP contribution >= 0.6 is 0 Å². The van der Waals surface area contributed by atoms with Crippen molar-refractivity contribution in [1.29, 1.82) is 0 Å². The zero-order valence-corrected chi connectivity index (χ0v) is 8.29. The van der Waals surface area contributed by atoms with E-state index in [1.165, 1.54) is 8.21 Å². The molecular formula is H3MoO2SiTi. The summed E-state index contributed by atoms with van der Waals surface area (Å²) in [4.78, 5) is 0. The molecule has 0 heterocycles. The molecular weight excluding hydrogens is 204 g/mol. The van der Waals surface area contributed by atoms with E-state index >= 15 is 0 Å². The summed E-state index contributed by atoms with van der Waals surface area (Å²) in [7, 11) is 1.32. The molecule has 0 aliphatic carbocycles. The van der Waals surface area contributed by atoms with Gasteiger partial charge >= 0.3 is 53.0 Å². The van der Waals surface area contributed by atoms with Gasteiger partial charge in [0.15, 0.2) is 0 Å². The van der Waals surface area contributed by atoms with Crippen LogP contribution < -0.4 is 0 Å². The molecule has 0 aromatic heterocycles. The second-order valence-corrected chi connectivity index (χ2v) is 0.344. The number of hydrogen-bond acceptors (Lipinski definition) is 2. The second-order valence-electron chi connectivity index (χ2n) is 0.0833. The van der Waals surface area contributed by atoms with Crippen LogP contribution in [0.2, 0.25) is 0 Å². The Labute approximate surface area is 52.8 Å². The van der Waals surface area contributed by atoms with Gasteiger partial charge in [0.25, 0.3) is 0 Å². The van der Waals surface area contributed by atoms with E-state index in [9.17, 15) is 0 Å². The van der Waals surface area contributed by atoms with Gasteiger partial charge in [-0.1, -0.05) is 0 Å². The van der Waals surface area contributed by atoms with Crippen LogP contribution in [0, 0.1) is 0 Å². The normalized spacial score (nSPS) is 3.20. The zero-order valence-electron chi connectivity index (χ0n) is 2.72. The maximum atomic E-state index is 8.50. The third-order valence-corrected chi connectivity index (χ3v) is 0. The Balaban J connectivity index is 0. The fourth-order valence-corrected chi connectivity index (χ4v) is 0. The monoisotopic (exact) mass is 209 g/mol. The van der Waals surface area contributed by atoms with Gasteiger partial charge in [-0.3, -0.25) is 0 Å². The molecule has 5 heteroatoms. The minimum absolute atomic E-state index is 1.32. The molecule has 0 aromatic rings. The Kier molecular flexibility index (Phi) is 35.9. The van der Waals surface area contributed by atoms with Gasteiger partial charge in [0.05, 0.1) is 0 Å². The van der Waals surface area contributed by atoms with E-state index in [0.717, 1.165) is 0 Å². The minimum atomic E-state index is -2.00. The third-order valence-electron chi connectivity index (χ3n) is 0. The van der Waals surface area contributed by atoms with Gasteiger partial charge in [0.1, 0.15) is 0 Å². The van der Waals surface area contributed by atoms with Crippen molar-refractivity contribution in [3.8, 4) is 0 Å². The van der Waals surface area contributed by atoms with Crippen LogP contribution in [0.1, 0.15) is 0 Å². The average molecular weight is 207 g/mol. The number of hydrogen-bond donors (Lipinski definition) is 0. The molecule has 0 aromatic carbocycles. The SMILES string of the molecule is [O]=[Ti]=[O].[SiH3][Mo]. The summed E-state index contributed by atoms with van der Waals surface area (Å²) in [6, 6.07) is 0. The van der Waals surface area contributed by atoms with Crippen LogP contribution in [0.4, 0.5) is 0 Å². The van der Waals surface area contributed by atoms with Gasteiger partial charge in [0, 0.05) is 0 Å². The Bertz CT molecular complexity index is 30.6. The topological polar surface area (TPSA) is 34.1 Å². The summed E-state index contributed by atoms with van der Waals surface area (Å²) < 4.78 is 17.0. The molecule has 0 saturated carbocycles.